The summed E-state index contributed by atoms with van der Waals surface area (Å²) in [4.78, 5) is 14.1. The van der Waals surface area contributed by atoms with E-state index < -0.39 is 0 Å². The first-order valence-corrected chi connectivity index (χ1v) is 5.89. The van der Waals surface area contributed by atoms with Crippen LogP contribution >= 0.6 is 0 Å². The molecule has 0 radical (unpaired) electrons. The molecular weight excluding hydrogens is 188 g/mol. The molecule has 0 atom stereocenters. The molecule has 0 aliphatic heterocycles. The molecule has 2 N–H and O–H groups in total. The summed E-state index contributed by atoms with van der Waals surface area (Å²) in [5.74, 6) is 0.701. The second-order valence-electron chi connectivity index (χ2n) is 4.77. The fourth-order valence-corrected chi connectivity index (χ4v) is 1.96. The van der Waals surface area contributed by atoms with Crippen molar-refractivity contribution in [2.45, 2.75) is 40.5 Å². The summed E-state index contributed by atoms with van der Waals surface area (Å²) < 4.78 is 0. The zero-order valence-electron chi connectivity index (χ0n) is 10.8. The first kappa shape index (κ1) is 14.4. The molecule has 0 spiro atoms. The molecular formula is C12H26N2O. The summed E-state index contributed by atoms with van der Waals surface area (Å²) in [7, 11) is 1.87. The number of hydrogen-bond donors (Lipinski definition) is 1. The molecule has 3 heteroatoms. The van der Waals surface area contributed by atoms with Crippen LogP contribution in [0.25, 0.3) is 0 Å². The fourth-order valence-electron chi connectivity index (χ4n) is 1.96. The van der Waals surface area contributed by atoms with Crippen molar-refractivity contribution in [3.8, 4) is 0 Å². The number of nitrogens with two attached hydrogens (primary N) is 1. The minimum Gasteiger partial charge on any atom is -0.345 e. The number of rotatable bonds is 6. The highest BCUT2D eigenvalue weighted by atomic mass is 16.2. The van der Waals surface area contributed by atoms with Gasteiger partial charge in [-0.1, -0.05) is 27.7 Å². The van der Waals surface area contributed by atoms with E-state index >= 15 is 0 Å². The third kappa shape index (κ3) is 3.49. The van der Waals surface area contributed by atoms with E-state index in [1.165, 1.54) is 0 Å². The van der Waals surface area contributed by atoms with Gasteiger partial charge in [0.25, 0.3) is 0 Å². The monoisotopic (exact) mass is 214 g/mol. The Hall–Kier alpha value is -0.570. The van der Waals surface area contributed by atoms with Crippen molar-refractivity contribution < 1.29 is 4.79 Å². The van der Waals surface area contributed by atoms with Gasteiger partial charge in [-0.15, -0.1) is 0 Å². The first-order chi connectivity index (χ1) is 6.93. The summed E-state index contributed by atoms with van der Waals surface area (Å²) in [5.41, 5.74) is 5.41. The van der Waals surface area contributed by atoms with Gasteiger partial charge in [0.15, 0.2) is 0 Å². The van der Waals surface area contributed by atoms with Gasteiger partial charge in [0.1, 0.15) is 0 Å². The molecule has 0 rings (SSSR count). The lowest BCUT2D eigenvalue weighted by Crippen LogP contribution is -2.47. The molecule has 0 saturated heterocycles. The van der Waals surface area contributed by atoms with Crippen LogP contribution in [0.1, 0.15) is 40.5 Å². The van der Waals surface area contributed by atoms with Crippen molar-refractivity contribution in [1.29, 1.82) is 0 Å². The lowest BCUT2D eigenvalue weighted by Gasteiger charge is -2.34. The molecule has 1 amide bonds. The Morgan fingerprint density at radius 3 is 2.07 bits per heavy atom. The van der Waals surface area contributed by atoms with E-state index in [1.54, 1.807) is 0 Å². The molecule has 0 aromatic carbocycles. The molecule has 0 aliphatic carbocycles. The van der Waals surface area contributed by atoms with Crippen molar-refractivity contribution >= 4 is 5.91 Å². The van der Waals surface area contributed by atoms with Crippen molar-refractivity contribution in [2.75, 3.05) is 20.1 Å². The maximum atomic E-state index is 12.2. The average Bonchev–Trinajstić information content (AvgIpc) is 2.20. The van der Waals surface area contributed by atoms with E-state index in [-0.39, 0.29) is 11.3 Å². The van der Waals surface area contributed by atoms with Crippen molar-refractivity contribution in [1.82, 2.24) is 4.90 Å². The van der Waals surface area contributed by atoms with E-state index in [9.17, 15) is 4.79 Å². The molecule has 0 saturated carbocycles. The SMILES string of the molecule is CCC(CC)(CN)C(=O)N(C)CC(C)C. The van der Waals surface area contributed by atoms with Gasteiger partial charge in [0.2, 0.25) is 5.91 Å². The Morgan fingerprint density at radius 2 is 1.80 bits per heavy atom. The molecule has 0 aliphatic rings. The van der Waals surface area contributed by atoms with Crippen LogP contribution in [0.2, 0.25) is 0 Å². The third-order valence-corrected chi connectivity index (χ3v) is 3.18. The lowest BCUT2D eigenvalue weighted by atomic mass is 9.81. The van der Waals surface area contributed by atoms with E-state index in [4.69, 9.17) is 5.73 Å². The van der Waals surface area contributed by atoms with Gasteiger partial charge in [-0.25, -0.2) is 0 Å². The highest BCUT2D eigenvalue weighted by Gasteiger charge is 2.35. The molecule has 90 valence electrons. The Balaban J connectivity index is 4.63. The molecule has 0 aromatic rings. The van der Waals surface area contributed by atoms with Gasteiger partial charge >= 0.3 is 0 Å². The largest absolute Gasteiger partial charge is 0.345 e. The van der Waals surface area contributed by atoms with Crippen molar-refractivity contribution in [3.63, 3.8) is 0 Å². The second kappa shape index (κ2) is 6.11. The fraction of sp³-hybridized carbons (Fsp3) is 0.917. The van der Waals surface area contributed by atoms with Crippen molar-refractivity contribution in [3.05, 3.63) is 0 Å². The number of nitrogens with zero attached hydrogens (tertiary/aromatic N) is 1. The van der Waals surface area contributed by atoms with Gasteiger partial charge in [-0.3, -0.25) is 4.79 Å². The van der Waals surface area contributed by atoms with Crippen LogP contribution in [0, 0.1) is 11.3 Å². The van der Waals surface area contributed by atoms with Crippen LogP contribution in [0.5, 0.6) is 0 Å². The van der Waals surface area contributed by atoms with Crippen LogP contribution in [0.15, 0.2) is 0 Å². The number of carbonyl (C=O) groups is 1. The van der Waals surface area contributed by atoms with E-state index in [2.05, 4.69) is 13.8 Å². The molecule has 0 fully saturated rings. The van der Waals surface area contributed by atoms with Crippen molar-refractivity contribution in [2.24, 2.45) is 17.1 Å². The predicted octanol–water partition coefficient (Wildman–Crippen LogP) is 1.87. The zero-order chi connectivity index (χ0) is 12.1. The minimum atomic E-state index is -0.344. The van der Waals surface area contributed by atoms with Crippen LogP contribution in [-0.2, 0) is 4.79 Å². The Morgan fingerprint density at radius 1 is 1.33 bits per heavy atom. The topological polar surface area (TPSA) is 46.3 Å². The molecule has 0 aromatic heterocycles. The van der Waals surface area contributed by atoms with Crippen LogP contribution in [0.4, 0.5) is 0 Å². The molecule has 0 heterocycles. The summed E-state index contributed by atoms with van der Waals surface area (Å²) in [6.07, 6.45) is 1.64. The Kier molecular flexibility index (Phi) is 5.88. The van der Waals surface area contributed by atoms with Gasteiger partial charge in [-0.05, 0) is 18.8 Å². The molecule has 15 heavy (non-hydrogen) atoms. The van der Waals surface area contributed by atoms with Gasteiger partial charge < -0.3 is 10.6 Å². The van der Waals surface area contributed by atoms with Crippen LogP contribution < -0.4 is 5.73 Å². The van der Waals surface area contributed by atoms with Crippen LogP contribution in [-0.4, -0.2) is 30.9 Å². The lowest BCUT2D eigenvalue weighted by molar-refractivity contribution is -0.141. The minimum absolute atomic E-state index is 0.198. The smallest absolute Gasteiger partial charge is 0.229 e. The zero-order valence-corrected chi connectivity index (χ0v) is 10.8. The standard InChI is InChI=1S/C12H26N2O/c1-6-12(7-2,9-13)11(15)14(5)8-10(3)4/h10H,6-9,13H2,1-5H3. The normalized spacial score (nSPS) is 11.9. The van der Waals surface area contributed by atoms with Crippen LogP contribution in [0.3, 0.4) is 0 Å². The Bertz CT molecular complexity index is 190. The van der Waals surface area contributed by atoms with E-state index in [1.807, 2.05) is 25.8 Å². The first-order valence-electron chi connectivity index (χ1n) is 5.89. The summed E-state index contributed by atoms with van der Waals surface area (Å²) >= 11 is 0. The summed E-state index contributed by atoms with van der Waals surface area (Å²) in [5, 5.41) is 0. The van der Waals surface area contributed by atoms with E-state index in [0.717, 1.165) is 19.4 Å². The number of amides is 1. The van der Waals surface area contributed by atoms with Gasteiger partial charge in [0, 0.05) is 20.1 Å². The highest BCUT2D eigenvalue weighted by Crippen LogP contribution is 2.27. The third-order valence-electron chi connectivity index (χ3n) is 3.18. The van der Waals surface area contributed by atoms with E-state index in [0.29, 0.717) is 12.5 Å². The average molecular weight is 214 g/mol. The summed E-state index contributed by atoms with van der Waals surface area (Å²) in [6.45, 7) is 9.56. The van der Waals surface area contributed by atoms with Gasteiger partial charge in [-0.2, -0.15) is 0 Å². The highest BCUT2D eigenvalue weighted by molar-refractivity contribution is 5.82. The number of carbonyl (C=O) groups excluding carboxylic acids is 1. The number of hydrogen-bond acceptors (Lipinski definition) is 2. The predicted molar refractivity (Wildman–Crippen MR) is 64.5 cm³/mol. The quantitative estimate of drug-likeness (QED) is 0.733. The Labute approximate surface area is 94.0 Å². The molecule has 3 nitrogen and oxygen atoms in total. The molecule has 0 bridgehead atoms. The second-order valence-corrected chi connectivity index (χ2v) is 4.77. The molecule has 0 unspecified atom stereocenters. The maximum Gasteiger partial charge on any atom is 0.229 e. The maximum absolute atomic E-state index is 12.2. The van der Waals surface area contributed by atoms with Gasteiger partial charge in [0.05, 0.1) is 5.41 Å². The summed E-state index contributed by atoms with van der Waals surface area (Å²) in [6, 6.07) is 0.